The standard InChI is InChI=1S/C14H18BrN3O3/c1-17(10-4-2-9(16)3-5-10)14(19)12-8-11(18(20)21)6-7-13(12)15/h6-10H,2-5,16H2,1H3. The molecule has 21 heavy (non-hydrogen) atoms. The summed E-state index contributed by atoms with van der Waals surface area (Å²) in [5, 5.41) is 10.8. The SMILES string of the molecule is CN(C(=O)c1cc([N+](=O)[O-])ccc1Br)C1CCC(N)CC1. The Morgan fingerprint density at radius 2 is 2.00 bits per heavy atom. The van der Waals surface area contributed by atoms with Gasteiger partial charge in [-0.2, -0.15) is 0 Å². The van der Waals surface area contributed by atoms with Crippen molar-refractivity contribution in [1.82, 2.24) is 4.90 Å². The molecule has 1 amide bonds. The number of benzene rings is 1. The second-order valence-corrected chi connectivity index (χ2v) is 6.26. The van der Waals surface area contributed by atoms with Crippen molar-refractivity contribution in [2.45, 2.75) is 37.8 Å². The summed E-state index contributed by atoms with van der Waals surface area (Å²) in [5.41, 5.74) is 6.11. The quantitative estimate of drug-likeness (QED) is 0.666. The molecule has 0 aromatic heterocycles. The third kappa shape index (κ3) is 3.59. The molecule has 6 nitrogen and oxygen atoms in total. The lowest BCUT2D eigenvalue weighted by Crippen LogP contribution is -2.42. The number of non-ortho nitro benzene ring substituents is 1. The van der Waals surface area contributed by atoms with Gasteiger partial charge in [0, 0.05) is 35.7 Å². The van der Waals surface area contributed by atoms with Crippen LogP contribution in [0.1, 0.15) is 36.0 Å². The Balaban J connectivity index is 2.19. The van der Waals surface area contributed by atoms with Crippen LogP contribution in [0.5, 0.6) is 0 Å². The van der Waals surface area contributed by atoms with E-state index in [1.807, 2.05) is 0 Å². The number of rotatable bonds is 3. The molecule has 1 aromatic carbocycles. The first-order chi connectivity index (χ1) is 9.90. The summed E-state index contributed by atoms with van der Waals surface area (Å²) in [7, 11) is 1.75. The Morgan fingerprint density at radius 1 is 1.38 bits per heavy atom. The van der Waals surface area contributed by atoms with E-state index in [2.05, 4.69) is 15.9 Å². The molecule has 0 atom stereocenters. The molecule has 0 radical (unpaired) electrons. The Morgan fingerprint density at radius 3 is 2.57 bits per heavy atom. The molecule has 1 aromatic rings. The Hall–Kier alpha value is -1.47. The van der Waals surface area contributed by atoms with E-state index >= 15 is 0 Å². The zero-order valence-electron chi connectivity index (χ0n) is 11.8. The summed E-state index contributed by atoms with van der Waals surface area (Å²) < 4.78 is 0.567. The summed E-state index contributed by atoms with van der Waals surface area (Å²) in [4.78, 5) is 24.6. The maximum atomic E-state index is 12.6. The normalized spacial score (nSPS) is 21.9. The fourth-order valence-corrected chi connectivity index (χ4v) is 3.05. The van der Waals surface area contributed by atoms with E-state index in [0.29, 0.717) is 10.0 Å². The lowest BCUT2D eigenvalue weighted by Gasteiger charge is -2.33. The van der Waals surface area contributed by atoms with E-state index < -0.39 is 4.92 Å². The van der Waals surface area contributed by atoms with Crippen molar-refractivity contribution in [1.29, 1.82) is 0 Å². The van der Waals surface area contributed by atoms with Crippen LogP contribution in [0.2, 0.25) is 0 Å². The van der Waals surface area contributed by atoms with Crippen LogP contribution in [0, 0.1) is 10.1 Å². The van der Waals surface area contributed by atoms with Gasteiger partial charge in [0.15, 0.2) is 0 Å². The summed E-state index contributed by atoms with van der Waals surface area (Å²) >= 11 is 3.29. The van der Waals surface area contributed by atoms with Crippen molar-refractivity contribution < 1.29 is 9.72 Å². The molecule has 0 bridgehead atoms. The first-order valence-corrected chi connectivity index (χ1v) is 7.66. The monoisotopic (exact) mass is 355 g/mol. The average Bonchev–Trinajstić information content (AvgIpc) is 2.47. The number of nitrogens with zero attached hydrogens (tertiary/aromatic N) is 2. The molecule has 1 aliphatic carbocycles. The van der Waals surface area contributed by atoms with Gasteiger partial charge in [-0.15, -0.1) is 0 Å². The van der Waals surface area contributed by atoms with Gasteiger partial charge in [-0.1, -0.05) is 0 Å². The predicted molar refractivity (Wildman–Crippen MR) is 83.1 cm³/mol. The van der Waals surface area contributed by atoms with Gasteiger partial charge >= 0.3 is 0 Å². The molecule has 2 rings (SSSR count). The fourth-order valence-electron chi connectivity index (χ4n) is 2.64. The maximum absolute atomic E-state index is 12.6. The number of carbonyl (C=O) groups excluding carboxylic acids is 1. The molecule has 1 saturated carbocycles. The molecule has 7 heteroatoms. The lowest BCUT2D eigenvalue weighted by atomic mass is 9.90. The molecule has 1 fully saturated rings. The average molecular weight is 356 g/mol. The largest absolute Gasteiger partial charge is 0.339 e. The van der Waals surface area contributed by atoms with E-state index in [9.17, 15) is 14.9 Å². The van der Waals surface area contributed by atoms with Crippen LogP contribution >= 0.6 is 15.9 Å². The van der Waals surface area contributed by atoms with Crippen molar-refractivity contribution >= 4 is 27.5 Å². The van der Waals surface area contributed by atoms with Gasteiger partial charge < -0.3 is 10.6 Å². The van der Waals surface area contributed by atoms with Gasteiger partial charge in [0.1, 0.15) is 0 Å². The number of amides is 1. The summed E-state index contributed by atoms with van der Waals surface area (Å²) in [6.07, 6.45) is 3.54. The third-order valence-corrected chi connectivity index (χ3v) is 4.69. The lowest BCUT2D eigenvalue weighted by molar-refractivity contribution is -0.384. The topological polar surface area (TPSA) is 89.5 Å². The number of halogens is 1. The van der Waals surface area contributed by atoms with Crippen LogP contribution in [0.3, 0.4) is 0 Å². The number of hydrogen-bond acceptors (Lipinski definition) is 4. The minimum absolute atomic E-state index is 0.0828. The summed E-state index contributed by atoms with van der Waals surface area (Å²) in [6.45, 7) is 0. The Labute approximate surface area is 131 Å². The van der Waals surface area contributed by atoms with Crippen molar-refractivity contribution in [2.24, 2.45) is 5.73 Å². The molecular formula is C14H18BrN3O3. The van der Waals surface area contributed by atoms with Gasteiger partial charge in [0.2, 0.25) is 0 Å². The van der Waals surface area contributed by atoms with E-state index in [-0.39, 0.29) is 23.7 Å². The van der Waals surface area contributed by atoms with Gasteiger partial charge in [-0.25, -0.2) is 0 Å². The van der Waals surface area contributed by atoms with E-state index in [0.717, 1.165) is 25.7 Å². The first-order valence-electron chi connectivity index (χ1n) is 6.87. The molecule has 0 unspecified atom stereocenters. The van der Waals surface area contributed by atoms with E-state index in [1.165, 1.54) is 18.2 Å². The fraction of sp³-hybridized carbons (Fsp3) is 0.500. The van der Waals surface area contributed by atoms with Crippen molar-refractivity contribution in [3.05, 3.63) is 38.3 Å². The second-order valence-electron chi connectivity index (χ2n) is 5.41. The Kier molecular flexibility index (Phi) is 4.95. The van der Waals surface area contributed by atoms with E-state index in [1.54, 1.807) is 11.9 Å². The smallest absolute Gasteiger partial charge is 0.270 e. The van der Waals surface area contributed by atoms with Crippen molar-refractivity contribution in [3.63, 3.8) is 0 Å². The Bertz CT molecular complexity index is 556. The van der Waals surface area contributed by atoms with Crippen molar-refractivity contribution in [3.8, 4) is 0 Å². The number of nitrogens with two attached hydrogens (primary N) is 1. The van der Waals surface area contributed by atoms with Gasteiger partial charge in [-0.3, -0.25) is 14.9 Å². The molecule has 2 N–H and O–H groups in total. The van der Waals surface area contributed by atoms with Gasteiger partial charge in [0.05, 0.1) is 10.5 Å². The highest BCUT2D eigenvalue weighted by Crippen LogP contribution is 2.27. The van der Waals surface area contributed by atoms with Crippen LogP contribution in [0.15, 0.2) is 22.7 Å². The first kappa shape index (κ1) is 15.9. The number of carbonyl (C=O) groups is 1. The van der Waals surface area contributed by atoms with Crippen LogP contribution < -0.4 is 5.73 Å². The van der Waals surface area contributed by atoms with Gasteiger partial charge in [0.25, 0.3) is 11.6 Å². The third-order valence-electron chi connectivity index (χ3n) is 4.00. The predicted octanol–water partition coefficient (Wildman–Crippen LogP) is 2.70. The molecular weight excluding hydrogens is 338 g/mol. The zero-order chi connectivity index (χ0) is 15.6. The zero-order valence-corrected chi connectivity index (χ0v) is 13.4. The molecule has 0 aliphatic heterocycles. The van der Waals surface area contributed by atoms with Gasteiger partial charge in [-0.05, 0) is 47.7 Å². The second kappa shape index (κ2) is 6.53. The number of nitro groups is 1. The highest BCUT2D eigenvalue weighted by Gasteiger charge is 2.27. The molecule has 0 spiro atoms. The molecule has 0 saturated heterocycles. The van der Waals surface area contributed by atoms with Crippen molar-refractivity contribution in [2.75, 3.05) is 7.05 Å². The summed E-state index contributed by atoms with van der Waals surface area (Å²) in [6, 6.07) is 4.59. The molecule has 114 valence electrons. The maximum Gasteiger partial charge on any atom is 0.270 e. The summed E-state index contributed by atoms with van der Waals surface area (Å²) in [5.74, 6) is -0.203. The molecule has 1 aliphatic rings. The highest BCUT2D eigenvalue weighted by molar-refractivity contribution is 9.10. The van der Waals surface area contributed by atoms with Crippen LogP contribution in [-0.4, -0.2) is 34.9 Å². The minimum Gasteiger partial charge on any atom is -0.339 e. The van der Waals surface area contributed by atoms with E-state index in [4.69, 9.17) is 5.73 Å². The number of nitro benzene ring substituents is 1. The number of hydrogen-bond donors (Lipinski definition) is 1. The minimum atomic E-state index is -0.497. The highest BCUT2D eigenvalue weighted by atomic mass is 79.9. The van der Waals surface area contributed by atoms with Crippen LogP contribution in [-0.2, 0) is 0 Å². The molecule has 0 heterocycles. The van der Waals surface area contributed by atoms with Crippen LogP contribution in [0.4, 0.5) is 5.69 Å². The van der Waals surface area contributed by atoms with Crippen LogP contribution in [0.25, 0.3) is 0 Å².